The van der Waals surface area contributed by atoms with Gasteiger partial charge < -0.3 is 10.4 Å². The van der Waals surface area contributed by atoms with Crippen molar-refractivity contribution >= 4 is 23.3 Å². The number of rotatable bonds is 4. The molecule has 0 bridgehead atoms. The molecule has 5 heteroatoms. The Hall–Kier alpha value is -2.95. The number of benzene rings is 2. The summed E-state index contributed by atoms with van der Waals surface area (Å²) in [6.45, 7) is 5.53. The molecule has 2 N–H and O–H groups in total. The van der Waals surface area contributed by atoms with E-state index in [1.165, 1.54) is 24.3 Å². The van der Waals surface area contributed by atoms with Gasteiger partial charge in [0.1, 0.15) is 0 Å². The predicted molar refractivity (Wildman–Crippen MR) is 91.6 cm³/mol. The minimum atomic E-state index is -1.02. The molecule has 2 rings (SSSR count). The van der Waals surface area contributed by atoms with Gasteiger partial charge in [-0.25, -0.2) is 4.79 Å². The fourth-order valence-corrected chi connectivity index (χ4v) is 2.11. The Balaban J connectivity index is 2.10. The first kappa shape index (κ1) is 17.4. The number of Topliss-reactive ketones (excluding diaryl/α,β-unsaturated/α-hetero) is 1. The van der Waals surface area contributed by atoms with Gasteiger partial charge in [-0.05, 0) is 36.4 Å². The fourth-order valence-electron chi connectivity index (χ4n) is 2.11. The Bertz CT molecular complexity index is 769. The molecule has 0 atom stereocenters. The van der Waals surface area contributed by atoms with Crippen molar-refractivity contribution in [2.24, 2.45) is 5.41 Å². The van der Waals surface area contributed by atoms with Gasteiger partial charge in [0, 0.05) is 22.2 Å². The lowest BCUT2D eigenvalue weighted by Crippen LogP contribution is -2.20. The minimum absolute atomic E-state index is 0.0127. The first-order valence-corrected chi connectivity index (χ1v) is 7.48. The van der Waals surface area contributed by atoms with Crippen LogP contribution in [0, 0.1) is 5.41 Å². The average molecular weight is 325 g/mol. The zero-order chi connectivity index (χ0) is 17.9. The quantitative estimate of drug-likeness (QED) is 0.836. The molecule has 2 aromatic carbocycles. The van der Waals surface area contributed by atoms with E-state index < -0.39 is 11.4 Å². The van der Waals surface area contributed by atoms with E-state index in [1.807, 2.05) is 20.8 Å². The van der Waals surface area contributed by atoms with Gasteiger partial charge in [-0.15, -0.1) is 0 Å². The van der Waals surface area contributed by atoms with Crippen LogP contribution >= 0.6 is 0 Å². The van der Waals surface area contributed by atoms with Crippen molar-refractivity contribution in [3.05, 3.63) is 65.2 Å². The van der Waals surface area contributed by atoms with Crippen molar-refractivity contribution in [3.8, 4) is 0 Å². The molecule has 0 heterocycles. The smallest absolute Gasteiger partial charge is 0.335 e. The van der Waals surface area contributed by atoms with Crippen LogP contribution < -0.4 is 5.32 Å². The van der Waals surface area contributed by atoms with E-state index in [9.17, 15) is 14.4 Å². The van der Waals surface area contributed by atoms with Crippen molar-refractivity contribution in [1.29, 1.82) is 0 Å². The van der Waals surface area contributed by atoms with Gasteiger partial charge in [0.05, 0.1) is 5.56 Å². The van der Waals surface area contributed by atoms with Crippen LogP contribution in [0.4, 0.5) is 5.69 Å². The normalized spacial score (nSPS) is 11.0. The number of ketones is 1. The summed E-state index contributed by atoms with van der Waals surface area (Å²) in [7, 11) is 0. The maximum Gasteiger partial charge on any atom is 0.335 e. The third kappa shape index (κ3) is 4.07. The molecule has 0 aromatic heterocycles. The molecule has 0 unspecified atom stereocenters. The number of nitrogens with one attached hydrogen (secondary N) is 1. The third-order valence-electron chi connectivity index (χ3n) is 3.48. The minimum Gasteiger partial charge on any atom is -0.478 e. The topological polar surface area (TPSA) is 83.5 Å². The highest BCUT2D eigenvalue weighted by Crippen LogP contribution is 2.21. The molecular formula is C19H19NO4. The van der Waals surface area contributed by atoms with Crippen LogP contribution in [-0.4, -0.2) is 22.8 Å². The van der Waals surface area contributed by atoms with Crippen LogP contribution in [0.15, 0.2) is 48.5 Å². The van der Waals surface area contributed by atoms with Crippen LogP contribution in [0.25, 0.3) is 0 Å². The molecular weight excluding hydrogens is 306 g/mol. The van der Waals surface area contributed by atoms with Crippen LogP contribution in [0.2, 0.25) is 0 Å². The SMILES string of the molecule is CC(C)(C)C(=O)c1ccc(C(=O)Nc2ccc(C(=O)O)cc2)cc1. The van der Waals surface area contributed by atoms with Crippen molar-refractivity contribution in [2.45, 2.75) is 20.8 Å². The molecule has 0 aliphatic heterocycles. The van der Waals surface area contributed by atoms with Crippen LogP contribution in [-0.2, 0) is 0 Å². The number of hydrogen-bond donors (Lipinski definition) is 2. The highest BCUT2D eigenvalue weighted by atomic mass is 16.4. The molecule has 0 spiro atoms. The van der Waals surface area contributed by atoms with Gasteiger partial charge >= 0.3 is 5.97 Å². The van der Waals surface area contributed by atoms with E-state index in [2.05, 4.69) is 5.32 Å². The molecule has 2 aromatic rings. The van der Waals surface area contributed by atoms with Gasteiger partial charge in [-0.3, -0.25) is 9.59 Å². The van der Waals surface area contributed by atoms with Gasteiger partial charge in [-0.1, -0.05) is 32.9 Å². The van der Waals surface area contributed by atoms with Gasteiger partial charge in [0.2, 0.25) is 0 Å². The fraction of sp³-hybridized carbons (Fsp3) is 0.211. The molecule has 24 heavy (non-hydrogen) atoms. The maximum absolute atomic E-state index is 12.2. The lowest BCUT2D eigenvalue weighted by Gasteiger charge is -2.16. The molecule has 0 aliphatic rings. The van der Waals surface area contributed by atoms with Crippen molar-refractivity contribution in [3.63, 3.8) is 0 Å². The summed E-state index contributed by atoms with van der Waals surface area (Å²) >= 11 is 0. The Kier molecular flexibility index (Phi) is 4.83. The Morgan fingerprint density at radius 1 is 0.792 bits per heavy atom. The summed E-state index contributed by atoms with van der Waals surface area (Å²) < 4.78 is 0. The lowest BCUT2D eigenvalue weighted by molar-refractivity contribution is 0.0696. The number of carbonyl (C=O) groups is 3. The molecule has 124 valence electrons. The first-order valence-electron chi connectivity index (χ1n) is 7.48. The standard InChI is InChI=1S/C19H19NO4/c1-19(2,3)16(21)12-4-6-13(7-5-12)17(22)20-15-10-8-14(9-11-15)18(23)24/h4-11H,1-3H3,(H,20,22)(H,23,24). The molecule has 0 saturated carbocycles. The summed E-state index contributed by atoms with van der Waals surface area (Å²) in [6, 6.07) is 12.4. The van der Waals surface area contributed by atoms with Crippen molar-refractivity contribution < 1.29 is 19.5 Å². The molecule has 0 radical (unpaired) electrons. The summed E-state index contributed by atoms with van der Waals surface area (Å²) in [4.78, 5) is 35.2. The number of carboxylic acid groups (broad SMARTS) is 1. The van der Waals surface area contributed by atoms with E-state index in [1.54, 1.807) is 24.3 Å². The summed E-state index contributed by atoms with van der Waals surface area (Å²) in [5.74, 6) is -1.33. The van der Waals surface area contributed by atoms with E-state index in [4.69, 9.17) is 5.11 Å². The van der Waals surface area contributed by atoms with Gasteiger partial charge in [-0.2, -0.15) is 0 Å². The molecule has 1 amide bonds. The molecule has 0 aliphatic carbocycles. The Morgan fingerprint density at radius 3 is 1.71 bits per heavy atom. The molecule has 5 nitrogen and oxygen atoms in total. The zero-order valence-electron chi connectivity index (χ0n) is 13.8. The number of carbonyl (C=O) groups excluding carboxylic acids is 2. The number of anilines is 1. The highest BCUT2D eigenvalue weighted by molar-refractivity contribution is 6.06. The second-order valence-corrected chi connectivity index (χ2v) is 6.49. The van der Waals surface area contributed by atoms with Crippen LogP contribution in [0.3, 0.4) is 0 Å². The summed E-state index contributed by atoms with van der Waals surface area (Å²) in [5.41, 5.74) is 1.15. The highest BCUT2D eigenvalue weighted by Gasteiger charge is 2.22. The van der Waals surface area contributed by atoms with E-state index in [0.717, 1.165) is 0 Å². The average Bonchev–Trinajstić information content (AvgIpc) is 2.54. The van der Waals surface area contributed by atoms with Crippen LogP contribution in [0.5, 0.6) is 0 Å². The summed E-state index contributed by atoms with van der Waals surface area (Å²) in [5, 5.41) is 11.5. The second-order valence-electron chi connectivity index (χ2n) is 6.49. The van der Waals surface area contributed by atoms with Gasteiger partial charge in [0.15, 0.2) is 5.78 Å². The van der Waals surface area contributed by atoms with Crippen molar-refractivity contribution in [2.75, 3.05) is 5.32 Å². The number of aromatic carboxylic acids is 1. The predicted octanol–water partition coefficient (Wildman–Crippen LogP) is 3.87. The van der Waals surface area contributed by atoms with Crippen molar-refractivity contribution in [1.82, 2.24) is 0 Å². The molecule has 0 saturated heterocycles. The van der Waals surface area contributed by atoms with E-state index in [-0.39, 0.29) is 17.3 Å². The maximum atomic E-state index is 12.2. The third-order valence-corrected chi connectivity index (χ3v) is 3.48. The van der Waals surface area contributed by atoms with Crippen LogP contribution in [0.1, 0.15) is 51.8 Å². The first-order chi connectivity index (χ1) is 11.2. The van der Waals surface area contributed by atoms with E-state index >= 15 is 0 Å². The largest absolute Gasteiger partial charge is 0.478 e. The lowest BCUT2D eigenvalue weighted by atomic mass is 9.86. The second kappa shape index (κ2) is 6.66. The Labute approximate surface area is 140 Å². The van der Waals surface area contributed by atoms with Gasteiger partial charge in [0.25, 0.3) is 5.91 Å². The summed E-state index contributed by atoms with van der Waals surface area (Å²) in [6.07, 6.45) is 0. The number of carboxylic acids is 1. The monoisotopic (exact) mass is 325 g/mol. The Morgan fingerprint density at radius 2 is 1.25 bits per heavy atom. The molecule has 0 fully saturated rings. The zero-order valence-corrected chi connectivity index (χ0v) is 13.8. The number of hydrogen-bond acceptors (Lipinski definition) is 3. The number of amides is 1. The van der Waals surface area contributed by atoms with E-state index in [0.29, 0.717) is 16.8 Å².